The van der Waals surface area contributed by atoms with Crippen molar-refractivity contribution in [2.45, 2.75) is 19.9 Å². The number of benzene rings is 2. The highest BCUT2D eigenvalue weighted by molar-refractivity contribution is 5.96. The minimum Gasteiger partial charge on any atom is -0.491 e. The van der Waals surface area contributed by atoms with E-state index in [9.17, 15) is 4.79 Å². The van der Waals surface area contributed by atoms with E-state index >= 15 is 0 Å². The summed E-state index contributed by atoms with van der Waals surface area (Å²) in [6.45, 7) is 4.29. The van der Waals surface area contributed by atoms with Crippen LogP contribution in [0, 0.1) is 6.92 Å². The van der Waals surface area contributed by atoms with E-state index in [2.05, 4.69) is 5.32 Å². The molecule has 0 bridgehead atoms. The molecule has 0 saturated heterocycles. The zero-order chi connectivity index (χ0) is 16.2. The summed E-state index contributed by atoms with van der Waals surface area (Å²) in [5.74, 6) is 0.911. The van der Waals surface area contributed by atoms with Crippen molar-refractivity contribution in [1.29, 1.82) is 0 Å². The molecule has 1 N–H and O–H groups in total. The molecule has 0 fully saturated rings. The largest absolute Gasteiger partial charge is 0.491 e. The maximum atomic E-state index is 12.2. The molecule has 0 aliphatic rings. The standard InChI is InChI=1S/C19H19NO3/c1-13-7-3-5-9-16(13)22-12-14(2)20-19(21)18-11-15-8-4-6-10-17(15)23-18/h3-11,14H,12H2,1-2H3,(H,20,21)/t14-/m0/s1. The molecule has 2 aromatic carbocycles. The SMILES string of the molecule is Cc1ccccc1OC[C@H](C)NC(=O)c1cc2ccccc2o1. The van der Waals surface area contributed by atoms with Gasteiger partial charge in [0.05, 0.1) is 6.04 Å². The lowest BCUT2D eigenvalue weighted by atomic mass is 10.2. The van der Waals surface area contributed by atoms with Crippen molar-refractivity contribution in [3.8, 4) is 5.75 Å². The van der Waals surface area contributed by atoms with Gasteiger partial charge in [-0.05, 0) is 37.6 Å². The van der Waals surface area contributed by atoms with Gasteiger partial charge in [-0.3, -0.25) is 4.79 Å². The molecule has 0 spiro atoms. The Morgan fingerprint density at radius 3 is 2.70 bits per heavy atom. The molecule has 0 aliphatic carbocycles. The predicted octanol–water partition coefficient (Wildman–Crippen LogP) is 3.94. The van der Waals surface area contributed by atoms with Crippen LogP contribution < -0.4 is 10.1 Å². The number of ether oxygens (including phenoxy) is 1. The highest BCUT2D eigenvalue weighted by Crippen LogP contribution is 2.19. The summed E-state index contributed by atoms with van der Waals surface area (Å²) in [6.07, 6.45) is 0. The van der Waals surface area contributed by atoms with Crippen molar-refractivity contribution in [2.24, 2.45) is 0 Å². The Hall–Kier alpha value is -2.75. The molecule has 3 aromatic rings. The van der Waals surface area contributed by atoms with Crippen LogP contribution >= 0.6 is 0 Å². The van der Waals surface area contributed by atoms with Crippen molar-refractivity contribution in [2.75, 3.05) is 6.61 Å². The summed E-state index contributed by atoms with van der Waals surface area (Å²) >= 11 is 0. The number of hydrogen-bond acceptors (Lipinski definition) is 3. The first-order chi connectivity index (χ1) is 11.1. The second-order valence-electron chi connectivity index (χ2n) is 5.60. The number of para-hydroxylation sites is 2. The van der Waals surface area contributed by atoms with E-state index < -0.39 is 0 Å². The van der Waals surface area contributed by atoms with Gasteiger partial charge in [0.2, 0.25) is 0 Å². The molecule has 0 aliphatic heterocycles. The summed E-state index contributed by atoms with van der Waals surface area (Å²) < 4.78 is 11.3. The monoisotopic (exact) mass is 309 g/mol. The minimum atomic E-state index is -0.234. The second-order valence-corrected chi connectivity index (χ2v) is 5.60. The number of fused-ring (bicyclic) bond motifs is 1. The van der Waals surface area contributed by atoms with Crippen LogP contribution in [-0.4, -0.2) is 18.6 Å². The van der Waals surface area contributed by atoms with Crippen LogP contribution in [0.4, 0.5) is 0 Å². The minimum absolute atomic E-state index is 0.129. The second kappa shape index (κ2) is 6.57. The lowest BCUT2D eigenvalue weighted by Crippen LogP contribution is -2.36. The van der Waals surface area contributed by atoms with Gasteiger partial charge in [-0.2, -0.15) is 0 Å². The van der Waals surface area contributed by atoms with Crippen molar-refractivity contribution < 1.29 is 13.9 Å². The molecule has 0 radical (unpaired) electrons. The van der Waals surface area contributed by atoms with Crippen LogP contribution in [0.1, 0.15) is 23.0 Å². The maximum absolute atomic E-state index is 12.2. The number of amides is 1. The third kappa shape index (κ3) is 3.54. The van der Waals surface area contributed by atoms with E-state index in [1.807, 2.05) is 62.4 Å². The molecule has 4 heteroatoms. The highest BCUT2D eigenvalue weighted by Gasteiger charge is 2.15. The Balaban J connectivity index is 1.60. The van der Waals surface area contributed by atoms with Crippen LogP contribution in [0.3, 0.4) is 0 Å². The molecular formula is C19H19NO3. The number of rotatable bonds is 5. The van der Waals surface area contributed by atoms with Crippen LogP contribution in [-0.2, 0) is 0 Å². The summed E-state index contributed by atoms with van der Waals surface area (Å²) in [4.78, 5) is 12.2. The van der Waals surface area contributed by atoms with Crippen molar-refractivity contribution in [3.63, 3.8) is 0 Å². The topological polar surface area (TPSA) is 51.5 Å². The number of furan rings is 1. The quantitative estimate of drug-likeness (QED) is 0.776. The van der Waals surface area contributed by atoms with Crippen molar-refractivity contribution in [1.82, 2.24) is 5.32 Å². The van der Waals surface area contributed by atoms with Gasteiger partial charge >= 0.3 is 0 Å². The highest BCUT2D eigenvalue weighted by atomic mass is 16.5. The zero-order valence-electron chi connectivity index (χ0n) is 13.2. The molecule has 1 heterocycles. The fourth-order valence-corrected chi connectivity index (χ4v) is 2.36. The van der Waals surface area contributed by atoms with Crippen molar-refractivity contribution in [3.05, 3.63) is 65.9 Å². The van der Waals surface area contributed by atoms with E-state index in [4.69, 9.17) is 9.15 Å². The maximum Gasteiger partial charge on any atom is 0.287 e. The van der Waals surface area contributed by atoms with E-state index in [-0.39, 0.29) is 11.9 Å². The fourth-order valence-electron chi connectivity index (χ4n) is 2.36. The molecule has 4 nitrogen and oxygen atoms in total. The summed E-state index contributed by atoms with van der Waals surface area (Å²) in [7, 11) is 0. The lowest BCUT2D eigenvalue weighted by Gasteiger charge is -2.15. The molecule has 0 saturated carbocycles. The molecule has 1 aromatic heterocycles. The van der Waals surface area contributed by atoms with E-state index in [0.29, 0.717) is 18.0 Å². The number of hydrogen-bond donors (Lipinski definition) is 1. The fraction of sp³-hybridized carbons (Fsp3) is 0.211. The van der Waals surface area contributed by atoms with Gasteiger partial charge in [-0.1, -0.05) is 36.4 Å². The predicted molar refractivity (Wildman–Crippen MR) is 89.8 cm³/mol. The molecule has 3 rings (SSSR count). The number of aryl methyl sites for hydroxylation is 1. The summed E-state index contributed by atoms with van der Waals surface area (Å²) in [5, 5.41) is 3.81. The third-order valence-corrected chi connectivity index (χ3v) is 3.61. The Morgan fingerprint density at radius 1 is 1.17 bits per heavy atom. The Kier molecular flexibility index (Phi) is 4.33. The first-order valence-corrected chi connectivity index (χ1v) is 7.61. The van der Waals surface area contributed by atoms with Crippen LogP contribution in [0.15, 0.2) is 59.0 Å². The van der Waals surface area contributed by atoms with E-state index in [0.717, 1.165) is 16.7 Å². The van der Waals surface area contributed by atoms with Gasteiger partial charge < -0.3 is 14.5 Å². The molecular weight excluding hydrogens is 290 g/mol. The Labute approximate surface area is 135 Å². The van der Waals surface area contributed by atoms with Gasteiger partial charge in [-0.25, -0.2) is 0 Å². The van der Waals surface area contributed by atoms with Crippen molar-refractivity contribution >= 4 is 16.9 Å². The lowest BCUT2D eigenvalue weighted by molar-refractivity contribution is 0.0901. The Bertz CT molecular complexity index is 789. The normalized spacial score (nSPS) is 12.1. The average molecular weight is 309 g/mol. The smallest absolute Gasteiger partial charge is 0.287 e. The molecule has 1 atom stereocenters. The van der Waals surface area contributed by atoms with E-state index in [1.54, 1.807) is 6.07 Å². The van der Waals surface area contributed by atoms with E-state index in [1.165, 1.54) is 0 Å². The third-order valence-electron chi connectivity index (χ3n) is 3.61. The first kappa shape index (κ1) is 15.2. The summed E-state index contributed by atoms with van der Waals surface area (Å²) in [6, 6.07) is 17.0. The summed E-state index contributed by atoms with van der Waals surface area (Å²) in [5.41, 5.74) is 1.78. The average Bonchev–Trinajstić information content (AvgIpc) is 2.98. The zero-order valence-corrected chi connectivity index (χ0v) is 13.2. The van der Waals surface area contributed by atoms with Gasteiger partial charge in [0.15, 0.2) is 5.76 Å². The molecule has 23 heavy (non-hydrogen) atoms. The molecule has 1 amide bonds. The van der Waals surface area contributed by atoms with Crippen LogP contribution in [0.5, 0.6) is 5.75 Å². The molecule has 0 unspecified atom stereocenters. The van der Waals surface area contributed by atoms with Gasteiger partial charge in [0.25, 0.3) is 5.91 Å². The van der Waals surface area contributed by atoms with Crippen LogP contribution in [0.25, 0.3) is 11.0 Å². The Morgan fingerprint density at radius 2 is 1.91 bits per heavy atom. The van der Waals surface area contributed by atoms with Gasteiger partial charge in [0, 0.05) is 5.39 Å². The number of carbonyl (C=O) groups excluding carboxylic acids is 1. The van der Waals surface area contributed by atoms with Gasteiger partial charge in [-0.15, -0.1) is 0 Å². The number of carbonyl (C=O) groups is 1. The van der Waals surface area contributed by atoms with Gasteiger partial charge in [0.1, 0.15) is 17.9 Å². The van der Waals surface area contributed by atoms with Crippen LogP contribution in [0.2, 0.25) is 0 Å². The number of nitrogens with one attached hydrogen (secondary N) is 1. The first-order valence-electron chi connectivity index (χ1n) is 7.61. The molecule has 118 valence electrons.